The van der Waals surface area contributed by atoms with Gasteiger partial charge in [0.1, 0.15) is 5.60 Å². The molecular formula is C20H19NO4. The van der Waals surface area contributed by atoms with E-state index in [0.717, 1.165) is 11.1 Å². The predicted molar refractivity (Wildman–Crippen MR) is 95.8 cm³/mol. The van der Waals surface area contributed by atoms with Crippen molar-refractivity contribution in [3.8, 4) is 35.0 Å². The maximum atomic E-state index is 12.2. The molecule has 1 aliphatic rings. The lowest BCUT2D eigenvalue weighted by Gasteiger charge is -2.21. The van der Waals surface area contributed by atoms with Crippen LogP contribution >= 0.6 is 0 Å². The van der Waals surface area contributed by atoms with Gasteiger partial charge in [0, 0.05) is 11.1 Å². The van der Waals surface area contributed by atoms with Crippen LogP contribution in [0.3, 0.4) is 0 Å². The van der Waals surface area contributed by atoms with Crippen molar-refractivity contribution >= 4 is 11.8 Å². The highest BCUT2D eigenvalue weighted by atomic mass is 16.7. The van der Waals surface area contributed by atoms with E-state index >= 15 is 0 Å². The molecular weight excluding hydrogens is 318 g/mol. The van der Waals surface area contributed by atoms with Gasteiger partial charge in [-0.2, -0.15) is 0 Å². The summed E-state index contributed by atoms with van der Waals surface area (Å²) in [5, 5.41) is 2.78. The summed E-state index contributed by atoms with van der Waals surface area (Å²) in [6.07, 6.45) is 5.05. The normalized spacial score (nSPS) is 12.4. The summed E-state index contributed by atoms with van der Waals surface area (Å²) in [5.41, 5.74) is 2.12. The molecule has 5 nitrogen and oxygen atoms in total. The number of para-hydroxylation sites is 1. The van der Waals surface area contributed by atoms with Crippen LogP contribution in [-0.2, 0) is 4.74 Å². The summed E-state index contributed by atoms with van der Waals surface area (Å²) in [5.74, 6) is 3.95. The molecule has 25 heavy (non-hydrogen) atoms. The summed E-state index contributed by atoms with van der Waals surface area (Å²) < 4.78 is 16.1. The van der Waals surface area contributed by atoms with Crippen molar-refractivity contribution in [2.45, 2.75) is 26.4 Å². The van der Waals surface area contributed by atoms with Crippen molar-refractivity contribution in [3.05, 3.63) is 42.0 Å². The molecule has 3 rings (SSSR count). The summed E-state index contributed by atoms with van der Waals surface area (Å²) >= 11 is 0. The molecule has 128 valence electrons. The monoisotopic (exact) mass is 337 g/mol. The molecule has 0 aliphatic carbocycles. The number of rotatable bonds is 2. The number of ether oxygens (including phenoxy) is 3. The molecule has 0 radical (unpaired) electrons. The van der Waals surface area contributed by atoms with Crippen LogP contribution in [0.25, 0.3) is 11.1 Å². The lowest BCUT2D eigenvalue weighted by Crippen LogP contribution is -2.27. The van der Waals surface area contributed by atoms with Crippen LogP contribution in [0.15, 0.2) is 36.4 Å². The quantitative estimate of drug-likeness (QED) is 0.825. The number of terminal acetylenes is 1. The Bertz CT molecular complexity index is 859. The average Bonchev–Trinajstić information content (AvgIpc) is 3.00. The fourth-order valence-corrected chi connectivity index (χ4v) is 2.52. The zero-order chi connectivity index (χ0) is 18.0. The fraction of sp³-hybridized carbons (Fsp3) is 0.250. The molecule has 0 spiro atoms. The number of hydrogen-bond acceptors (Lipinski definition) is 4. The second-order valence-electron chi connectivity index (χ2n) is 6.57. The third-order valence-corrected chi connectivity index (χ3v) is 3.53. The minimum atomic E-state index is -0.603. The molecule has 5 heteroatoms. The predicted octanol–water partition coefficient (Wildman–Crippen LogP) is 4.41. The first-order valence-corrected chi connectivity index (χ1v) is 7.87. The summed E-state index contributed by atoms with van der Waals surface area (Å²) in [6, 6.07) is 11.1. The smallest absolute Gasteiger partial charge is 0.412 e. The van der Waals surface area contributed by atoms with Crippen molar-refractivity contribution < 1.29 is 19.0 Å². The van der Waals surface area contributed by atoms with Gasteiger partial charge in [-0.15, -0.1) is 6.42 Å². The molecule has 0 saturated heterocycles. The Balaban J connectivity index is 2.00. The van der Waals surface area contributed by atoms with Gasteiger partial charge < -0.3 is 14.2 Å². The second-order valence-corrected chi connectivity index (χ2v) is 6.57. The molecule has 1 aliphatic heterocycles. The highest BCUT2D eigenvalue weighted by Gasteiger charge is 2.20. The van der Waals surface area contributed by atoms with Crippen LogP contribution in [-0.4, -0.2) is 18.5 Å². The third kappa shape index (κ3) is 3.69. The van der Waals surface area contributed by atoms with E-state index in [4.69, 9.17) is 20.6 Å². The molecule has 1 amide bonds. The standard InChI is InChI=1S/C20H19NO4/c1-5-13-7-6-8-15(18(13)21-19(22)25-20(2,3)4)14-9-10-16-17(11-14)24-12-23-16/h1,6-11H,12H2,2-4H3,(H,21,22). The van der Waals surface area contributed by atoms with Gasteiger partial charge in [-0.3, -0.25) is 5.32 Å². The highest BCUT2D eigenvalue weighted by Crippen LogP contribution is 2.39. The van der Waals surface area contributed by atoms with E-state index in [0.29, 0.717) is 22.7 Å². The summed E-state index contributed by atoms with van der Waals surface area (Å²) in [7, 11) is 0. The van der Waals surface area contributed by atoms with Gasteiger partial charge >= 0.3 is 6.09 Å². The maximum absolute atomic E-state index is 12.2. The van der Waals surface area contributed by atoms with E-state index in [2.05, 4.69) is 11.2 Å². The van der Waals surface area contributed by atoms with Gasteiger partial charge in [-0.25, -0.2) is 4.79 Å². The Morgan fingerprint density at radius 1 is 1.20 bits per heavy atom. The first-order chi connectivity index (χ1) is 11.9. The average molecular weight is 337 g/mol. The number of anilines is 1. The zero-order valence-electron chi connectivity index (χ0n) is 14.4. The Morgan fingerprint density at radius 2 is 1.96 bits per heavy atom. The minimum absolute atomic E-state index is 0.201. The van der Waals surface area contributed by atoms with E-state index < -0.39 is 11.7 Å². The molecule has 0 saturated carbocycles. The molecule has 0 aromatic heterocycles. The second kappa shape index (κ2) is 6.40. The molecule has 1 N–H and O–H groups in total. The van der Waals surface area contributed by atoms with E-state index in [1.807, 2.05) is 30.3 Å². The largest absolute Gasteiger partial charge is 0.454 e. The van der Waals surface area contributed by atoms with Crippen LogP contribution < -0.4 is 14.8 Å². The van der Waals surface area contributed by atoms with Gasteiger partial charge in [-0.05, 0) is 44.5 Å². The molecule has 2 aromatic rings. The number of nitrogens with one attached hydrogen (secondary N) is 1. The number of carbonyl (C=O) groups excluding carboxylic acids is 1. The van der Waals surface area contributed by atoms with Crippen molar-refractivity contribution in [2.24, 2.45) is 0 Å². The van der Waals surface area contributed by atoms with E-state index in [1.165, 1.54) is 0 Å². The van der Waals surface area contributed by atoms with Crippen LogP contribution in [0.2, 0.25) is 0 Å². The number of fused-ring (bicyclic) bond motifs is 1. The van der Waals surface area contributed by atoms with Crippen molar-refractivity contribution in [3.63, 3.8) is 0 Å². The Kier molecular flexibility index (Phi) is 4.28. The lowest BCUT2D eigenvalue weighted by molar-refractivity contribution is 0.0636. The topological polar surface area (TPSA) is 56.8 Å². The third-order valence-electron chi connectivity index (χ3n) is 3.53. The Morgan fingerprint density at radius 3 is 2.68 bits per heavy atom. The Labute approximate surface area is 146 Å². The molecule has 0 atom stereocenters. The van der Waals surface area contributed by atoms with Crippen LogP contribution in [0.5, 0.6) is 11.5 Å². The molecule has 0 unspecified atom stereocenters. The SMILES string of the molecule is C#Cc1cccc(-c2ccc3c(c2)OCO3)c1NC(=O)OC(C)(C)C. The van der Waals surface area contributed by atoms with Gasteiger partial charge in [0.25, 0.3) is 0 Å². The number of amides is 1. The van der Waals surface area contributed by atoms with Gasteiger partial charge in [0.2, 0.25) is 6.79 Å². The first-order valence-electron chi connectivity index (χ1n) is 7.87. The zero-order valence-corrected chi connectivity index (χ0v) is 14.4. The van der Waals surface area contributed by atoms with E-state index in [-0.39, 0.29) is 6.79 Å². The number of hydrogen-bond donors (Lipinski definition) is 1. The molecule has 1 heterocycles. The lowest BCUT2D eigenvalue weighted by atomic mass is 9.99. The molecule has 2 aromatic carbocycles. The highest BCUT2D eigenvalue weighted by molar-refractivity contribution is 5.94. The summed E-state index contributed by atoms with van der Waals surface area (Å²) in [4.78, 5) is 12.2. The molecule has 0 bridgehead atoms. The fourth-order valence-electron chi connectivity index (χ4n) is 2.52. The van der Waals surface area contributed by atoms with Crippen LogP contribution in [0, 0.1) is 12.3 Å². The molecule has 0 fully saturated rings. The van der Waals surface area contributed by atoms with Gasteiger partial charge in [0.15, 0.2) is 11.5 Å². The van der Waals surface area contributed by atoms with Gasteiger partial charge in [0.05, 0.1) is 5.69 Å². The van der Waals surface area contributed by atoms with Gasteiger partial charge in [-0.1, -0.05) is 24.1 Å². The Hall–Kier alpha value is -3.13. The van der Waals surface area contributed by atoms with Crippen LogP contribution in [0.1, 0.15) is 26.3 Å². The van der Waals surface area contributed by atoms with E-state index in [1.54, 1.807) is 26.8 Å². The van der Waals surface area contributed by atoms with Crippen LogP contribution in [0.4, 0.5) is 10.5 Å². The van der Waals surface area contributed by atoms with Crippen molar-refractivity contribution in [1.29, 1.82) is 0 Å². The van der Waals surface area contributed by atoms with Crippen molar-refractivity contribution in [1.82, 2.24) is 0 Å². The maximum Gasteiger partial charge on any atom is 0.412 e. The summed E-state index contributed by atoms with van der Waals surface area (Å²) in [6.45, 7) is 5.61. The number of carbonyl (C=O) groups is 1. The minimum Gasteiger partial charge on any atom is -0.454 e. The first kappa shape index (κ1) is 16.7. The van der Waals surface area contributed by atoms with E-state index in [9.17, 15) is 4.79 Å². The van der Waals surface area contributed by atoms with Crippen molar-refractivity contribution in [2.75, 3.05) is 12.1 Å². The number of benzene rings is 2.